The number of halogens is 1. The lowest BCUT2D eigenvalue weighted by Gasteiger charge is -2.07. The standard InChI is InChI=1S/C14H17ClN4OS/c1-3-16-12-17-13(20-4-2)19-14(18-12)21-9-10-5-7-11(15)8-6-10/h5-8H,3-4,9H2,1-2H3,(H,16,17,18,19). The summed E-state index contributed by atoms with van der Waals surface area (Å²) >= 11 is 7.41. The molecular weight excluding hydrogens is 308 g/mol. The van der Waals surface area contributed by atoms with Crippen LogP contribution in [0.2, 0.25) is 5.02 Å². The molecule has 0 radical (unpaired) electrons. The largest absolute Gasteiger partial charge is 0.464 e. The summed E-state index contributed by atoms with van der Waals surface area (Å²) in [5.41, 5.74) is 1.16. The second kappa shape index (κ2) is 8.05. The molecule has 0 fully saturated rings. The van der Waals surface area contributed by atoms with Gasteiger partial charge in [-0.3, -0.25) is 0 Å². The quantitative estimate of drug-likeness (QED) is 0.784. The molecule has 2 aromatic rings. The zero-order valence-corrected chi connectivity index (χ0v) is 13.5. The Morgan fingerprint density at radius 3 is 2.57 bits per heavy atom. The molecule has 1 heterocycles. The predicted molar refractivity (Wildman–Crippen MR) is 86.2 cm³/mol. The Labute approximate surface area is 133 Å². The minimum Gasteiger partial charge on any atom is -0.464 e. The third kappa shape index (κ3) is 5.06. The summed E-state index contributed by atoms with van der Waals surface area (Å²) in [6, 6.07) is 8.08. The molecule has 1 aromatic carbocycles. The Kier molecular flexibility index (Phi) is 6.07. The fourth-order valence-corrected chi connectivity index (χ4v) is 2.47. The lowest BCUT2D eigenvalue weighted by atomic mass is 10.2. The number of hydrogen-bond donors (Lipinski definition) is 1. The highest BCUT2D eigenvalue weighted by atomic mass is 35.5. The van der Waals surface area contributed by atoms with Crippen LogP contribution >= 0.6 is 23.4 Å². The van der Waals surface area contributed by atoms with Crippen LogP contribution in [0.4, 0.5) is 5.95 Å². The fourth-order valence-electron chi connectivity index (χ4n) is 1.56. The van der Waals surface area contributed by atoms with Gasteiger partial charge in [0.05, 0.1) is 6.61 Å². The highest BCUT2D eigenvalue weighted by molar-refractivity contribution is 7.98. The highest BCUT2D eigenvalue weighted by Crippen LogP contribution is 2.22. The first kappa shape index (κ1) is 15.9. The first-order valence-corrected chi connectivity index (χ1v) is 8.07. The number of thioether (sulfide) groups is 1. The van der Waals surface area contributed by atoms with Crippen LogP contribution in [-0.2, 0) is 5.75 Å². The molecule has 0 saturated carbocycles. The maximum atomic E-state index is 5.88. The number of ether oxygens (including phenoxy) is 1. The van der Waals surface area contributed by atoms with Gasteiger partial charge in [-0.1, -0.05) is 35.5 Å². The van der Waals surface area contributed by atoms with Gasteiger partial charge in [-0.05, 0) is 31.5 Å². The lowest BCUT2D eigenvalue weighted by Crippen LogP contribution is -2.07. The van der Waals surface area contributed by atoms with E-state index in [0.717, 1.165) is 22.9 Å². The van der Waals surface area contributed by atoms with E-state index in [0.29, 0.717) is 23.7 Å². The molecule has 0 aliphatic rings. The summed E-state index contributed by atoms with van der Waals surface area (Å²) in [5, 5.41) is 4.45. The van der Waals surface area contributed by atoms with Crippen molar-refractivity contribution >= 4 is 29.3 Å². The predicted octanol–water partition coefficient (Wildman–Crippen LogP) is 3.65. The summed E-state index contributed by atoms with van der Waals surface area (Å²) in [7, 11) is 0. The van der Waals surface area contributed by atoms with Crippen molar-refractivity contribution in [1.82, 2.24) is 15.0 Å². The van der Waals surface area contributed by atoms with E-state index >= 15 is 0 Å². The Bertz CT molecular complexity index is 555. The summed E-state index contributed by atoms with van der Waals surface area (Å²) in [6.07, 6.45) is 0. The number of nitrogens with one attached hydrogen (secondary N) is 1. The summed E-state index contributed by atoms with van der Waals surface area (Å²) in [5.74, 6) is 1.30. The molecule has 0 bridgehead atoms. The molecule has 2 rings (SSSR count). The minimum absolute atomic E-state index is 0.349. The summed E-state index contributed by atoms with van der Waals surface area (Å²) in [6.45, 7) is 5.16. The number of rotatable bonds is 7. The van der Waals surface area contributed by atoms with Crippen LogP contribution in [0.3, 0.4) is 0 Å². The number of anilines is 1. The van der Waals surface area contributed by atoms with E-state index in [1.54, 1.807) is 0 Å². The maximum Gasteiger partial charge on any atom is 0.322 e. The van der Waals surface area contributed by atoms with Crippen LogP contribution < -0.4 is 10.1 Å². The maximum absolute atomic E-state index is 5.88. The molecule has 5 nitrogen and oxygen atoms in total. The van der Waals surface area contributed by atoms with Crippen molar-refractivity contribution < 1.29 is 4.74 Å². The van der Waals surface area contributed by atoms with Crippen molar-refractivity contribution in [3.8, 4) is 6.01 Å². The number of benzene rings is 1. The zero-order chi connectivity index (χ0) is 15.1. The van der Waals surface area contributed by atoms with Gasteiger partial charge in [-0.25, -0.2) is 0 Å². The van der Waals surface area contributed by atoms with Crippen LogP contribution in [-0.4, -0.2) is 28.1 Å². The second-order valence-corrected chi connectivity index (χ2v) is 5.48. The van der Waals surface area contributed by atoms with Crippen LogP contribution in [0.25, 0.3) is 0 Å². The van der Waals surface area contributed by atoms with E-state index in [1.807, 2.05) is 38.1 Å². The van der Waals surface area contributed by atoms with Gasteiger partial charge in [0, 0.05) is 17.3 Å². The molecule has 0 unspecified atom stereocenters. The van der Waals surface area contributed by atoms with E-state index in [9.17, 15) is 0 Å². The normalized spacial score (nSPS) is 10.4. The Morgan fingerprint density at radius 1 is 1.14 bits per heavy atom. The molecule has 7 heteroatoms. The Balaban J connectivity index is 2.08. The van der Waals surface area contributed by atoms with Gasteiger partial charge in [0.25, 0.3) is 0 Å². The molecule has 0 spiro atoms. The summed E-state index contributed by atoms with van der Waals surface area (Å²) < 4.78 is 5.37. The van der Waals surface area contributed by atoms with Crippen molar-refractivity contribution in [2.24, 2.45) is 0 Å². The van der Waals surface area contributed by atoms with Gasteiger partial charge in [-0.2, -0.15) is 15.0 Å². The zero-order valence-electron chi connectivity index (χ0n) is 12.0. The Hall–Kier alpha value is -1.53. The minimum atomic E-state index is 0.349. The highest BCUT2D eigenvalue weighted by Gasteiger charge is 2.07. The third-order valence-electron chi connectivity index (χ3n) is 2.48. The first-order chi connectivity index (χ1) is 10.2. The van der Waals surface area contributed by atoms with E-state index < -0.39 is 0 Å². The van der Waals surface area contributed by atoms with E-state index in [1.165, 1.54) is 11.8 Å². The number of hydrogen-bond acceptors (Lipinski definition) is 6. The van der Waals surface area contributed by atoms with Crippen LogP contribution in [0, 0.1) is 0 Å². The molecule has 112 valence electrons. The SMILES string of the molecule is CCNc1nc(OCC)nc(SCc2ccc(Cl)cc2)n1. The molecule has 0 aliphatic carbocycles. The van der Waals surface area contributed by atoms with Gasteiger partial charge in [-0.15, -0.1) is 0 Å². The van der Waals surface area contributed by atoms with E-state index in [-0.39, 0.29) is 0 Å². The first-order valence-electron chi connectivity index (χ1n) is 6.71. The van der Waals surface area contributed by atoms with Gasteiger partial charge in [0.1, 0.15) is 0 Å². The fraction of sp³-hybridized carbons (Fsp3) is 0.357. The Morgan fingerprint density at radius 2 is 1.90 bits per heavy atom. The third-order valence-corrected chi connectivity index (χ3v) is 3.65. The molecule has 1 N–H and O–H groups in total. The van der Waals surface area contributed by atoms with Crippen LogP contribution in [0.5, 0.6) is 6.01 Å². The summed E-state index contributed by atoms with van der Waals surface area (Å²) in [4.78, 5) is 12.8. The van der Waals surface area contributed by atoms with Gasteiger partial charge >= 0.3 is 6.01 Å². The van der Waals surface area contributed by atoms with Crippen molar-refractivity contribution in [2.45, 2.75) is 24.8 Å². The molecule has 0 amide bonds. The van der Waals surface area contributed by atoms with Crippen LogP contribution in [0.15, 0.2) is 29.4 Å². The van der Waals surface area contributed by atoms with E-state index in [2.05, 4.69) is 20.3 Å². The van der Waals surface area contributed by atoms with Gasteiger partial charge in [0.15, 0.2) is 5.16 Å². The molecule has 1 aromatic heterocycles. The van der Waals surface area contributed by atoms with Gasteiger partial charge in [0.2, 0.25) is 5.95 Å². The number of nitrogens with zero attached hydrogens (tertiary/aromatic N) is 3. The van der Waals surface area contributed by atoms with Crippen molar-refractivity contribution in [3.63, 3.8) is 0 Å². The van der Waals surface area contributed by atoms with Crippen molar-refractivity contribution in [3.05, 3.63) is 34.9 Å². The molecule has 0 aliphatic heterocycles. The number of aromatic nitrogens is 3. The van der Waals surface area contributed by atoms with E-state index in [4.69, 9.17) is 16.3 Å². The van der Waals surface area contributed by atoms with Crippen molar-refractivity contribution in [2.75, 3.05) is 18.5 Å². The smallest absolute Gasteiger partial charge is 0.322 e. The molecule has 0 atom stereocenters. The molecule has 0 saturated heterocycles. The van der Waals surface area contributed by atoms with Gasteiger partial charge < -0.3 is 10.1 Å². The monoisotopic (exact) mass is 324 g/mol. The lowest BCUT2D eigenvalue weighted by molar-refractivity contribution is 0.308. The topological polar surface area (TPSA) is 59.9 Å². The average Bonchev–Trinajstić information content (AvgIpc) is 2.47. The van der Waals surface area contributed by atoms with Crippen LogP contribution in [0.1, 0.15) is 19.4 Å². The van der Waals surface area contributed by atoms with Crippen molar-refractivity contribution in [1.29, 1.82) is 0 Å². The molecular formula is C14H17ClN4OS. The second-order valence-electron chi connectivity index (χ2n) is 4.10. The molecule has 21 heavy (non-hydrogen) atoms. The average molecular weight is 325 g/mol.